The van der Waals surface area contributed by atoms with Gasteiger partial charge in [0.25, 0.3) is 11.8 Å². The number of nitrogens with zero attached hydrogens (tertiary/aromatic N) is 3. The predicted molar refractivity (Wildman–Crippen MR) is 177 cm³/mol. The standard InChI is InChI=1S/C34H54N4O3S/c1-5-7-8-9-10-11-12-13-31-35-33(41)34(36-31)17-21-38(22-18-34)42(6-2)23-16-30-26(3)24-28(25-27(30)4)32(40)37-19-14-29(39)15-20-37/h6,24-25,29,39H,5,7-23H2,1-4H3,(H,35,36,41). The number of unbranched alkanes of at least 4 members (excludes halogenated alkanes) is 6. The number of carbonyl (C=O) groups is 2. The maximum absolute atomic E-state index is 13.1. The molecule has 3 aliphatic heterocycles. The predicted octanol–water partition coefficient (Wildman–Crippen LogP) is 5.95. The van der Waals surface area contributed by atoms with Crippen LogP contribution in [0.5, 0.6) is 0 Å². The summed E-state index contributed by atoms with van der Waals surface area (Å²) in [5.74, 6) is 2.14. The molecule has 1 aromatic rings. The van der Waals surface area contributed by atoms with Crippen molar-refractivity contribution in [3.63, 3.8) is 0 Å². The normalized spacial score (nSPS) is 20.3. The first-order valence-corrected chi connectivity index (χ1v) is 17.9. The zero-order valence-electron chi connectivity index (χ0n) is 26.6. The number of hydrogen-bond donors (Lipinski definition) is 2. The first-order valence-electron chi connectivity index (χ1n) is 16.5. The molecule has 1 unspecified atom stereocenters. The van der Waals surface area contributed by atoms with Crippen molar-refractivity contribution in [1.29, 1.82) is 0 Å². The number of benzene rings is 1. The molecule has 0 saturated carbocycles. The van der Waals surface area contributed by atoms with Gasteiger partial charge in [0.2, 0.25) is 0 Å². The van der Waals surface area contributed by atoms with E-state index in [2.05, 4.69) is 54.8 Å². The van der Waals surface area contributed by atoms with Crippen LogP contribution in [0, 0.1) is 13.8 Å². The first kappa shape index (κ1) is 32.9. The molecule has 2 N–H and O–H groups in total. The summed E-state index contributed by atoms with van der Waals surface area (Å²) in [4.78, 5) is 33.0. The number of aryl methyl sites for hydroxylation is 2. The number of nitrogens with one attached hydrogen (secondary N) is 1. The average molecular weight is 599 g/mol. The van der Waals surface area contributed by atoms with Crippen LogP contribution >= 0.6 is 10.7 Å². The molecule has 1 aromatic carbocycles. The minimum Gasteiger partial charge on any atom is -0.393 e. The van der Waals surface area contributed by atoms with Crippen molar-refractivity contribution >= 4 is 33.7 Å². The molecular formula is C34H54N4O3S. The van der Waals surface area contributed by atoms with E-state index in [-0.39, 0.29) is 28.6 Å². The molecule has 3 heterocycles. The van der Waals surface area contributed by atoms with Gasteiger partial charge in [-0.15, -0.1) is 10.7 Å². The van der Waals surface area contributed by atoms with Crippen LogP contribution in [-0.2, 0) is 11.2 Å². The van der Waals surface area contributed by atoms with Crippen molar-refractivity contribution in [3.05, 3.63) is 34.4 Å². The number of amides is 2. The fourth-order valence-electron chi connectivity index (χ4n) is 6.75. The van der Waals surface area contributed by atoms with Crippen molar-refractivity contribution in [2.75, 3.05) is 31.9 Å². The Morgan fingerprint density at radius 1 is 1.02 bits per heavy atom. The minimum atomic E-state index is -0.558. The number of aliphatic hydroxyl groups is 1. The Hall–Kier alpha value is -2.03. The Bertz CT molecular complexity index is 1120. The van der Waals surface area contributed by atoms with E-state index in [0.717, 1.165) is 62.3 Å². The lowest BCUT2D eigenvalue weighted by Crippen LogP contribution is -2.47. The Morgan fingerprint density at radius 3 is 2.26 bits per heavy atom. The molecular weight excluding hydrogens is 544 g/mol. The zero-order chi connectivity index (χ0) is 30.1. The van der Waals surface area contributed by atoms with Gasteiger partial charge in [-0.1, -0.05) is 50.8 Å². The highest BCUT2D eigenvalue weighted by atomic mass is 32.2. The van der Waals surface area contributed by atoms with E-state index >= 15 is 0 Å². The summed E-state index contributed by atoms with van der Waals surface area (Å²) in [6.45, 7) is 11.7. The monoisotopic (exact) mass is 598 g/mol. The van der Waals surface area contributed by atoms with Crippen LogP contribution in [-0.4, -0.2) is 80.9 Å². The zero-order valence-corrected chi connectivity index (χ0v) is 27.4. The third-order valence-electron chi connectivity index (χ3n) is 9.46. The summed E-state index contributed by atoms with van der Waals surface area (Å²) in [5.41, 5.74) is 3.89. The second-order valence-electron chi connectivity index (χ2n) is 12.5. The van der Waals surface area contributed by atoms with E-state index in [4.69, 9.17) is 4.99 Å². The number of aliphatic hydroxyl groups excluding tert-OH is 1. The van der Waals surface area contributed by atoms with Gasteiger partial charge in [0.05, 0.1) is 6.10 Å². The first-order chi connectivity index (χ1) is 20.3. The summed E-state index contributed by atoms with van der Waals surface area (Å²) in [5, 5.41) is 15.2. The molecule has 234 valence electrons. The highest BCUT2D eigenvalue weighted by Gasteiger charge is 2.45. The largest absolute Gasteiger partial charge is 0.393 e. The molecule has 2 amide bonds. The maximum atomic E-state index is 13.1. The van der Waals surface area contributed by atoms with Crippen LogP contribution in [0.4, 0.5) is 0 Å². The highest BCUT2D eigenvalue weighted by Crippen LogP contribution is 2.35. The van der Waals surface area contributed by atoms with Crippen LogP contribution in [0.3, 0.4) is 0 Å². The fourth-order valence-corrected chi connectivity index (χ4v) is 8.60. The molecule has 42 heavy (non-hydrogen) atoms. The Kier molecular flexibility index (Phi) is 12.2. The lowest BCUT2D eigenvalue weighted by Gasteiger charge is -2.37. The quantitative estimate of drug-likeness (QED) is 0.217. The molecule has 2 fully saturated rings. The smallest absolute Gasteiger partial charge is 0.253 e. The van der Waals surface area contributed by atoms with E-state index in [1.807, 2.05) is 4.90 Å². The molecule has 2 saturated heterocycles. The highest BCUT2D eigenvalue weighted by molar-refractivity contribution is 8.12. The van der Waals surface area contributed by atoms with E-state index in [1.54, 1.807) is 0 Å². The summed E-state index contributed by atoms with van der Waals surface area (Å²) in [7, 11) is 0.0263. The van der Waals surface area contributed by atoms with Gasteiger partial charge in [0.1, 0.15) is 11.4 Å². The summed E-state index contributed by atoms with van der Waals surface area (Å²) in [6, 6.07) is 4.10. The van der Waals surface area contributed by atoms with Gasteiger partial charge in [0, 0.05) is 43.9 Å². The van der Waals surface area contributed by atoms with Gasteiger partial charge >= 0.3 is 0 Å². The molecule has 1 spiro atoms. The summed E-state index contributed by atoms with van der Waals surface area (Å²) >= 11 is 0. The van der Waals surface area contributed by atoms with Crippen LogP contribution in [0.15, 0.2) is 17.1 Å². The van der Waals surface area contributed by atoms with Gasteiger partial charge in [0.15, 0.2) is 0 Å². The second kappa shape index (κ2) is 15.6. The van der Waals surface area contributed by atoms with Crippen LogP contribution in [0.25, 0.3) is 0 Å². The molecule has 0 bridgehead atoms. The Labute approximate surface area is 256 Å². The van der Waals surface area contributed by atoms with Gasteiger partial charge in [-0.2, -0.15) is 0 Å². The van der Waals surface area contributed by atoms with Crippen LogP contribution in [0.2, 0.25) is 0 Å². The third-order valence-corrected chi connectivity index (χ3v) is 11.7. The van der Waals surface area contributed by atoms with E-state index in [9.17, 15) is 14.7 Å². The van der Waals surface area contributed by atoms with Gasteiger partial charge in [-0.05, 0) is 88.1 Å². The number of likely N-dealkylation sites (tertiary alicyclic amines) is 1. The molecule has 0 radical (unpaired) electrons. The lowest BCUT2D eigenvalue weighted by atomic mass is 9.89. The van der Waals surface area contributed by atoms with Crippen LogP contribution in [0.1, 0.15) is 118 Å². The molecule has 1 atom stereocenters. The molecule has 4 rings (SSSR count). The molecule has 8 heteroatoms. The van der Waals surface area contributed by atoms with Crippen LogP contribution < -0.4 is 5.32 Å². The Balaban J connectivity index is 1.27. The van der Waals surface area contributed by atoms with E-state index in [0.29, 0.717) is 25.9 Å². The number of aliphatic imine (C=N–C) groups is 1. The second-order valence-corrected chi connectivity index (χ2v) is 14.7. The summed E-state index contributed by atoms with van der Waals surface area (Å²) < 4.78 is 2.55. The number of carbonyl (C=O) groups excluding carboxylic acids is 2. The van der Waals surface area contributed by atoms with Crippen molar-refractivity contribution < 1.29 is 14.7 Å². The number of rotatable bonds is 13. The number of piperidine rings is 2. The molecule has 7 nitrogen and oxygen atoms in total. The van der Waals surface area contributed by atoms with Gasteiger partial charge in [-0.25, -0.2) is 0 Å². The van der Waals surface area contributed by atoms with Crippen molar-refractivity contribution in [3.8, 4) is 0 Å². The summed E-state index contributed by atoms with van der Waals surface area (Å²) in [6.07, 6.45) is 13.4. The lowest BCUT2D eigenvalue weighted by molar-refractivity contribution is -0.124. The van der Waals surface area contributed by atoms with Gasteiger partial charge in [-0.3, -0.25) is 18.9 Å². The maximum Gasteiger partial charge on any atom is 0.253 e. The van der Waals surface area contributed by atoms with E-state index < -0.39 is 5.54 Å². The Morgan fingerprint density at radius 2 is 1.64 bits per heavy atom. The third kappa shape index (κ3) is 8.32. The molecule has 3 aliphatic rings. The molecule has 0 aromatic heterocycles. The fraction of sp³-hybridized carbons (Fsp3) is 0.706. The number of hydrogen-bond acceptors (Lipinski definition) is 5. The average Bonchev–Trinajstić information content (AvgIpc) is 3.28. The SMILES string of the molecule is C/C=S(/CCc1c(C)cc(C(=O)N2CCC(O)CC2)cc1C)N1CCC2(CC1)N=C(CCCCCCCCC)NC2=O. The number of amidine groups is 1. The molecule has 0 aliphatic carbocycles. The van der Waals surface area contributed by atoms with Crippen molar-refractivity contribution in [1.82, 2.24) is 14.5 Å². The van der Waals surface area contributed by atoms with E-state index in [1.165, 1.54) is 55.2 Å². The minimum absolute atomic E-state index is 0.0263. The van der Waals surface area contributed by atoms with Crippen molar-refractivity contribution in [2.45, 2.75) is 123 Å². The topological polar surface area (TPSA) is 85.2 Å². The van der Waals surface area contributed by atoms with Crippen molar-refractivity contribution in [2.24, 2.45) is 4.99 Å². The van der Waals surface area contributed by atoms with Gasteiger partial charge < -0.3 is 15.3 Å².